The zero-order valence-electron chi connectivity index (χ0n) is 13.7. The molecule has 124 valence electrons. The summed E-state index contributed by atoms with van der Waals surface area (Å²) in [6.07, 6.45) is 0. The second-order valence-corrected chi connectivity index (χ2v) is 8.14. The standard InChI is InChI=1S/C18H22O4S/c1-11(2)15-9-13(19)5-7-17(15)23(21,22)18-8-6-14(20)10-16(18)12(3)4/h5-12,19-20H,1-4H3. The lowest BCUT2D eigenvalue weighted by Gasteiger charge is -2.17. The minimum atomic E-state index is -3.75. The van der Waals surface area contributed by atoms with E-state index in [4.69, 9.17) is 0 Å². The normalized spacial score (nSPS) is 12.1. The van der Waals surface area contributed by atoms with Gasteiger partial charge in [0.15, 0.2) is 0 Å². The largest absolute Gasteiger partial charge is 0.508 e. The molecule has 2 aromatic rings. The molecule has 0 bridgehead atoms. The van der Waals surface area contributed by atoms with Crippen LogP contribution in [0.15, 0.2) is 46.2 Å². The topological polar surface area (TPSA) is 74.6 Å². The molecule has 5 heteroatoms. The maximum atomic E-state index is 13.1. The molecule has 0 amide bonds. The molecule has 0 radical (unpaired) electrons. The summed E-state index contributed by atoms with van der Waals surface area (Å²) in [7, 11) is -3.75. The number of hydrogen-bond donors (Lipinski definition) is 2. The quantitative estimate of drug-likeness (QED) is 0.879. The van der Waals surface area contributed by atoms with Crippen LogP contribution in [0.5, 0.6) is 11.5 Å². The lowest BCUT2D eigenvalue weighted by molar-refractivity contribution is 0.473. The molecular weight excluding hydrogens is 312 g/mol. The Hall–Kier alpha value is -2.01. The first-order valence-corrected chi connectivity index (χ1v) is 9.03. The highest BCUT2D eigenvalue weighted by atomic mass is 32.2. The van der Waals surface area contributed by atoms with Crippen molar-refractivity contribution >= 4 is 9.84 Å². The molecule has 0 fully saturated rings. The third kappa shape index (κ3) is 3.34. The minimum absolute atomic E-state index is 0.0439. The van der Waals surface area contributed by atoms with Gasteiger partial charge in [0.2, 0.25) is 9.84 Å². The van der Waals surface area contributed by atoms with E-state index in [0.29, 0.717) is 11.1 Å². The van der Waals surface area contributed by atoms with Crippen LogP contribution >= 0.6 is 0 Å². The Kier molecular flexibility index (Phi) is 4.71. The average molecular weight is 334 g/mol. The third-order valence-corrected chi connectivity index (χ3v) is 5.71. The SMILES string of the molecule is CC(C)c1cc(O)ccc1S(=O)(=O)c1ccc(O)cc1C(C)C. The van der Waals surface area contributed by atoms with E-state index in [1.54, 1.807) is 0 Å². The minimum Gasteiger partial charge on any atom is -0.508 e. The number of phenols is 2. The fourth-order valence-electron chi connectivity index (χ4n) is 2.58. The van der Waals surface area contributed by atoms with Gasteiger partial charge in [-0.3, -0.25) is 0 Å². The number of phenolic OH excluding ortho intramolecular Hbond substituents is 2. The predicted molar refractivity (Wildman–Crippen MR) is 89.8 cm³/mol. The average Bonchev–Trinajstić information content (AvgIpc) is 2.46. The van der Waals surface area contributed by atoms with Gasteiger partial charge in [0.25, 0.3) is 0 Å². The van der Waals surface area contributed by atoms with Crippen LogP contribution in [0.25, 0.3) is 0 Å². The summed E-state index contributed by atoms with van der Waals surface area (Å²) in [6.45, 7) is 7.53. The molecular formula is C18H22O4S. The van der Waals surface area contributed by atoms with E-state index in [-0.39, 0.29) is 33.1 Å². The van der Waals surface area contributed by atoms with E-state index in [2.05, 4.69) is 0 Å². The van der Waals surface area contributed by atoms with Gasteiger partial charge in [-0.05, 0) is 59.4 Å². The van der Waals surface area contributed by atoms with Crippen LogP contribution in [-0.2, 0) is 9.84 Å². The second kappa shape index (κ2) is 6.24. The molecule has 0 aromatic heterocycles. The van der Waals surface area contributed by atoms with Crippen LogP contribution < -0.4 is 0 Å². The molecule has 0 aliphatic rings. The number of sulfone groups is 1. The van der Waals surface area contributed by atoms with Gasteiger partial charge in [-0.15, -0.1) is 0 Å². The number of hydrogen-bond acceptors (Lipinski definition) is 4. The van der Waals surface area contributed by atoms with E-state index in [0.717, 1.165) is 0 Å². The van der Waals surface area contributed by atoms with Crippen molar-refractivity contribution in [1.82, 2.24) is 0 Å². The summed E-state index contributed by atoms with van der Waals surface area (Å²) in [5.41, 5.74) is 1.15. The van der Waals surface area contributed by atoms with Gasteiger partial charge in [-0.2, -0.15) is 0 Å². The van der Waals surface area contributed by atoms with Crippen molar-refractivity contribution in [1.29, 1.82) is 0 Å². The Labute approximate surface area is 137 Å². The molecule has 2 rings (SSSR count). The Morgan fingerprint density at radius 2 is 1.09 bits per heavy atom. The zero-order valence-corrected chi connectivity index (χ0v) is 14.6. The number of rotatable bonds is 4. The fraction of sp³-hybridized carbons (Fsp3) is 0.333. The van der Waals surface area contributed by atoms with Crippen molar-refractivity contribution in [3.8, 4) is 11.5 Å². The summed E-state index contributed by atoms with van der Waals surface area (Å²) in [5.74, 6) is -0.0112. The Bertz CT molecular complexity index is 757. The molecule has 0 saturated carbocycles. The monoisotopic (exact) mass is 334 g/mol. The van der Waals surface area contributed by atoms with Crippen molar-refractivity contribution < 1.29 is 18.6 Å². The highest BCUT2D eigenvalue weighted by molar-refractivity contribution is 7.91. The lowest BCUT2D eigenvalue weighted by Crippen LogP contribution is -2.10. The van der Waals surface area contributed by atoms with Crippen molar-refractivity contribution in [3.63, 3.8) is 0 Å². The highest BCUT2D eigenvalue weighted by Crippen LogP contribution is 2.35. The molecule has 0 atom stereocenters. The maximum absolute atomic E-state index is 13.1. The van der Waals surface area contributed by atoms with Crippen molar-refractivity contribution in [3.05, 3.63) is 47.5 Å². The summed E-state index contributed by atoms with van der Waals surface area (Å²) in [5, 5.41) is 19.3. The smallest absolute Gasteiger partial charge is 0.207 e. The first kappa shape index (κ1) is 17.3. The van der Waals surface area contributed by atoms with Crippen LogP contribution in [0, 0.1) is 0 Å². The first-order valence-electron chi connectivity index (χ1n) is 7.55. The van der Waals surface area contributed by atoms with Crippen molar-refractivity contribution in [2.75, 3.05) is 0 Å². The number of benzene rings is 2. The zero-order chi connectivity index (χ0) is 17.4. The Morgan fingerprint density at radius 1 is 0.739 bits per heavy atom. The lowest BCUT2D eigenvalue weighted by atomic mass is 10.0. The van der Waals surface area contributed by atoms with Gasteiger partial charge >= 0.3 is 0 Å². The van der Waals surface area contributed by atoms with E-state index < -0.39 is 9.84 Å². The summed E-state index contributed by atoms with van der Waals surface area (Å²) in [6, 6.07) is 8.64. The highest BCUT2D eigenvalue weighted by Gasteiger charge is 2.26. The molecule has 2 aromatic carbocycles. The van der Waals surface area contributed by atoms with E-state index in [1.807, 2.05) is 27.7 Å². The Balaban J connectivity index is 2.74. The van der Waals surface area contributed by atoms with Crippen molar-refractivity contribution in [2.45, 2.75) is 49.3 Å². The van der Waals surface area contributed by atoms with Crippen molar-refractivity contribution in [2.24, 2.45) is 0 Å². The van der Waals surface area contributed by atoms with E-state index in [9.17, 15) is 18.6 Å². The van der Waals surface area contributed by atoms with Crippen LogP contribution in [0.3, 0.4) is 0 Å². The van der Waals surface area contributed by atoms with Crippen LogP contribution in [0.4, 0.5) is 0 Å². The van der Waals surface area contributed by atoms with Crippen LogP contribution in [0.2, 0.25) is 0 Å². The predicted octanol–water partition coefficient (Wildman–Crippen LogP) is 4.18. The van der Waals surface area contributed by atoms with E-state index in [1.165, 1.54) is 36.4 Å². The van der Waals surface area contributed by atoms with Crippen LogP contribution in [0.1, 0.15) is 50.7 Å². The van der Waals surface area contributed by atoms with Gasteiger partial charge < -0.3 is 10.2 Å². The molecule has 4 nitrogen and oxygen atoms in total. The molecule has 23 heavy (non-hydrogen) atoms. The fourth-order valence-corrected chi connectivity index (χ4v) is 4.52. The first-order chi connectivity index (χ1) is 10.6. The maximum Gasteiger partial charge on any atom is 0.207 e. The molecule has 0 spiro atoms. The second-order valence-electron chi connectivity index (χ2n) is 6.26. The van der Waals surface area contributed by atoms with Gasteiger partial charge in [0, 0.05) is 0 Å². The molecule has 0 aliphatic heterocycles. The third-order valence-electron chi connectivity index (χ3n) is 3.81. The molecule has 2 N–H and O–H groups in total. The molecule has 0 unspecified atom stereocenters. The van der Waals surface area contributed by atoms with Crippen LogP contribution in [-0.4, -0.2) is 18.6 Å². The summed E-state index contributed by atoms with van der Waals surface area (Å²) >= 11 is 0. The number of aromatic hydroxyl groups is 2. The Morgan fingerprint density at radius 3 is 1.39 bits per heavy atom. The van der Waals surface area contributed by atoms with Gasteiger partial charge in [-0.1, -0.05) is 27.7 Å². The van der Waals surface area contributed by atoms with Gasteiger partial charge in [-0.25, -0.2) is 8.42 Å². The van der Waals surface area contributed by atoms with Gasteiger partial charge in [0.1, 0.15) is 11.5 Å². The van der Waals surface area contributed by atoms with E-state index >= 15 is 0 Å². The molecule has 0 heterocycles. The molecule has 0 aliphatic carbocycles. The van der Waals surface area contributed by atoms with Gasteiger partial charge in [0.05, 0.1) is 9.79 Å². The summed E-state index contributed by atoms with van der Waals surface area (Å²) < 4.78 is 26.3. The molecule has 0 saturated heterocycles. The summed E-state index contributed by atoms with van der Waals surface area (Å²) in [4.78, 5) is 0.385.